The lowest BCUT2D eigenvalue weighted by molar-refractivity contribution is 0.0995. The highest BCUT2D eigenvalue weighted by atomic mass is 32.2. The summed E-state index contributed by atoms with van der Waals surface area (Å²) >= 11 is 2.79. The van der Waals surface area contributed by atoms with Crippen molar-refractivity contribution in [1.29, 1.82) is 0 Å². The van der Waals surface area contributed by atoms with Gasteiger partial charge >= 0.3 is 0 Å². The maximum Gasteiger partial charge on any atom is 0.280 e. The summed E-state index contributed by atoms with van der Waals surface area (Å²) < 4.78 is 16.6. The van der Waals surface area contributed by atoms with Gasteiger partial charge in [-0.2, -0.15) is 4.99 Å². The lowest BCUT2D eigenvalue weighted by Crippen LogP contribution is -2.17. The molecule has 0 aliphatic carbocycles. The van der Waals surface area contributed by atoms with Crippen molar-refractivity contribution in [3.8, 4) is 0 Å². The Morgan fingerprint density at radius 3 is 2.88 bits per heavy atom. The van der Waals surface area contributed by atoms with Crippen molar-refractivity contribution in [1.82, 2.24) is 4.57 Å². The Bertz CT molecular complexity index is 988. The molecule has 0 saturated heterocycles. The minimum atomic E-state index is -0.330. The van der Waals surface area contributed by atoms with Gasteiger partial charge in [0.1, 0.15) is 5.82 Å². The summed E-state index contributed by atoms with van der Waals surface area (Å²) in [6.07, 6.45) is 3.58. The highest BCUT2D eigenvalue weighted by molar-refractivity contribution is 7.98. The molecule has 122 valence electrons. The van der Waals surface area contributed by atoms with Crippen LogP contribution in [-0.2, 0) is 6.54 Å². The van der Waals surface area contributed by atoms with Gasteiger partial charge in [0.25, 0.3) is 5.91 Å². The minimum absolute atomic E-state index is 0.329. The Morgan fingerprint density at radius 2 is 2.12 bits per heavy atom. The largest absolute Gasteiger partial charge is 0.310 e. The van der Waals surface area contributed by atoms with Gasteiger partial charge in [-0.25, -0.2) is 4.39 Å². The molecule has 6 heteroatoms. The molecule has 0 bridgehead atoms. The molecular weight excluding hydrogens is 343 g/mol. The van der Waals surface area contributed by atoms with Gasteiger partial charge < -0.3 is 4.57 Å². The van der Waals surface area contributed by atoms with E-state index in [1.807, 2.05) is 30.5 Å². The van der Waals surface area contributed by atoms with Crippen LogP contribution in [0.15, 0.2) is 65.0 Å². The quantitative estimate of drug-likeness (QED) is 0.509. The van der Waals surface area contributed by atoms with E-state index in [-0.39, 0.29) is 11.7 Å². The van der Waals surface area contributed by atoms with Crippen LogP contribution in [0, 0.1) is 5.82 Å². The summed E-state index contributed by atoms with van der Waals surface area (Å²) in [4.78, 5) is 18.2. The molecule has 0 spiro atoms. The molecule has 0 fully saturated rings. The van der Waals surface area contributed by atoms with E-state index in [4.69, 9.17) is 0 Å². The second-order valence-electron chi connectivity index (χ2n) is 4.99. The third-order valence-corrected chi connectivity index (χ3v) is 5.34. The fourth-order valence-corrected chi connectivity index (χ4v) is 4.08. The average molecular weight is 358 g/mol. The highest BCUT2D eigenvalue weighted by Gasteiger charge is 2.13. The number of hydrogen-bond acceptors (Lipinski definition) is 3. The lowest BCUT2D eigenvalue weighted by Gasteiger charge is -2.03. The van der Waals surface area contributed by atoms with Gasteiger partial charge in [-0.1, -0.05) is 35.6 Å². The van der Waals surface area contributed by atoms with Crippen LogP contribution in [0.3, 0.4) is 0 Å². The Hall–Kier alpha value is -2.18. The molecule has 2 aromatic carbocycles. The van der Waals surface area contributed by atoms with E-state index < -0.39 is 0 Å². The van der Waals surface area contributed by atoms with E-state index in [1.54, 1.807) is 22.8 Å². The predicted molar refractivity (Wildman–Crippen MR) is 98.1 cm³/mol. The van der Waals surface area contributed by atoms with Crippen molar-refractivity contribution in [3.63, 3.8) is 0 Å². The molecule has 1 heterocycles. The molecule has 1 aromatic heterocycles. The van der Waals surface area contributed by atoms with Crippen LogP contribution in [0.1, 0.15) is 10.4 Å². The molecule has 0 N–H and O–H groups in total. The molecule has 0 unspecified atom stereocenters. The number of nitrogens with zero attached hydrogens (tertiary/aromatic N) is 2. The molecule has 0 aliphatic heterocycles. The summed E-state index contributed by atoms with van der Waals surface area (Å²) in [6, 6.07) is 12.2. The number of thiazole rings is 1. The van der Waals surface area contributed by atoms with Gasteiger partial charge in [-0.3, -0.25) is 4.79 Å². The Balaban J connectivity index is 2.19. The van der Waals surface area contributed by atoms with Gasteiger partial charge in [0.2, 0.25) is 0 Å². The van der Waals surface area contributed by atoms with Crippen LogP contribution < -0.4 is 4.80 Å². The first-order valence-corrected chi connectivity index (χ1v) is 9.30. The van der Waals surface area contributed by atoms with E-state index in [0.29, 0.717) is 22.4 Å². The topological polar surface area (TPSA) is 34.4 Å². The zero-order valence-corrected chi connectivity index (χ0v) is 14.7. The van der Waals surface area contributed by atoms with E-state index in [9.17, 15) is 9.18 Å². The number of fused-ring (bicyclic) bond motifs is 1. The van der Waals surface area contributed by atoms with Gasteiger partial charge in [-0.15, -0.1) is 18.3 Å². The third-order valence-electron chi connectivity index (χ3n) is 3.50. The second-order valence-corrected chi connectivity index (χ2v) is 6.84. The number of carbonyl (C=O) groups is 1. The van der Waals surface area contributed by atoms with Crippen molar-refractivity contribution in [2.75, 3.05) is 6.26 Å². The van der Waals surface area contributed by atoms with E-state index in [1.165, 1.54) is 29.2 Å². The van der Waals surface area contributed by atoms with Crippen LogP contribution in [0.2, 0.25) is 0 Å². The van der Waals surface area contributed by atoms with Crippen LogP contribution in [0.25, 0.3) is 10.2 Å². The molecule has 24 heavy (non-hydrogen) atoms. The monoisotopic (exact) mass is 358 g/mol. The van der Waals surface area contributed by atoms with Gasteiger partial charge in [0, 0.05) is 11.4 Å². The van der Waals surface area contributed by atoms with Gasteiger partial charge in [-0.05, 0) is 30.5 Å². The number of amides is 1. The number of hydrogen-bond donors (Lipinski definition) is 0. The molecule has 3 nitrogen and oxygen atoms in total. The molecule has 0 atom stereocenters. The maximum atomic E-state index is 14.2. The Morgan fingerprint density at radius 1 is 1.33 bits per heavy atom. The molecule has 1 amide bonds. The SMILES string of the molecule is C=CCn1c(=NC(=O)c2ccccc2SC)sc2cccc(F)c21. The smallest absolute Gasteiger partial charge is 0.280 e. The standard InChI is InChI=1S/C18H15FN2OS2/c1-3-11-21-16-13(19)8-6-10-15(16)24-18(21)20-17(22)12-7-4-5-9-14(12)23-2/h3-10H,1,11H2,2H3. The number of para-hydroxylation sites is 1. The van der Waals surface area contributed by atoms with Gasteiger partial charge in [0.05, 0.1) is 15.8 Å². The van der Waals surface area contributed by atoms with Crippen molar-refractivity contribution in [3.05, 3.63) is 71.3 Å². The number of allylic oxidation sites excluding steroid dienone is 1. The molecule has 0 aliphatic rings. The average Bonchev–Trinajstić information content (AvgIpc) is 2.94. The first-order valence-electron chi connectivity index (χ1n) is 7.26. The van der Waals surface area contributed by atoms with Gasteiger partial charge in [0.15, 0.2) is 4.80 Å². The van der Waals surface area contributed by atoms with Crippen molar-refractivity contribution < 1.29 is 9.18 Å². The van der Waals surface area contributed by atoms with Crippen LogP contribution >= 0.6 is 23.1 Å². The number of carbonyl (C=O) groups excluding carboxylic acids is 1. The van der Waals surface area contributed by atoms with E-state index in [0.717, 1.165) is 9.60 Å². The fraction of sp³-hybridized carbons (Fsp3) is 0.111. The molecule has 0 radical (unpaired) electrons. The Kier molecular flexibility index (Phi) is 4.97. The molecular formula is C18H15FN2OS2. The number of rotatable bonds is 4. The van der Waals surface area contributed by atoms with Crippen LogP contribution in [-0.4, -0.2) is 16.7 Å². The maximum absolute atomic E-state index is 14.2. The van der Waals surface area contributed by atoms with Crippen LogP contribution in [0.5, 0.6) is 0 Å². The summed E-state index contributed by atoms with van der Waals surface area (Å²) in [6.45, 7) is 4.10. The lowest BCUT2D eigenvalue weighted by atomic mass is 10.2. The summed E-state index contributed by atoms with van der Waals surface area (Å²) in [5, 5.41) is 0. The third kappa shape index (κ3) is 3.07. The van der Waals surface area contributed by atoms with Crippen molar-refractivity contribution in [2.24, 2.45) is 4.99 Å². The number of aromatic nitrogens is 1. The zero-order valence-electron chi connectivity index (χ0n) is 13.0. The second kappa shape index (κ2) is 7.15. The van der Waals surface area contributed by atoms with E-state index in [2.05, 4.69) is 11.6 Å². The predicted octanol–water partition coefficient (Wildman–Crippen LogP) is 4.49. The minimum Gasteiger partial charge on any atom is -0.310 e. The van der Waals surface area contributed by atoms with Crippen LogP contribution in [0.4, 0.5) is 4.39 Å². The first-order chi connectivity index (χ1) is 11.7. The molecule has 0 saturated carbocycles. The fourth-order valence-electron chi connectivity index (χ4n) is 2.44. The van der Waals surface area contributed by atoms with Crippen molar-refractivity contribution >= 4 is 39.2 Å². The molecule has 3 rings (SSSR count). The normalized spacial score (nSPS) is 11.8. The first kappa shape index (κ1) is 16.7. The summed E-state index contributed by atoms with van der Waals surface area (Å²) in [5.74, 6) is -0.659. The number of benzene rings is 2. The Labute approximate surface area is 147 Å². The number of thioether (sulfide) groups is 1. The molecule has 3 aromatic rings. The zero-order chi connectivity index (χ0) is 17.1. The van der Waals surface area contributed by atoms with Crippen molar-refractivity contribution in [2.45, 2.75) is 11.4 Å². The summed E-state index contributed by atoms with van der Waals surface area (Å²) in [7, 11) is 0. The summed E-state index contributed by atoms with van der Waals surface area (Å²) in [5.41, 5.74) is 1.00. The number of halogens is 1. The van der Waals surface area contributed by atoms with E-state index >= 15 is 0 Å². The highest BCUT2D eigenvalue weighted by Crippen LogP contribution is 2.22.